The highest BCUT2D eigenvalue weighted by molar-refractivity contribution is 5.95. The number of hydrogen-bond acceptors (Lipinski definition) is 5. The molecular weight excluding hydrogens is 574 g/mol. The Hall–Kier alpha value is -5.04. The van der Waals surface area contributed by atoms with Crippen LogP contribution in [0.25, 0.3) is 6.08 Å². The lowest BCUT2D eigenvalue weighted by Crippen LogP contribution is -2.63. The number of benzene rings is 4. The van der Waals surface area contributed by atoms with Gasteiger partial charge in [0.2, 0.25) is 11.8 Å². The minimum Gasteiger partial charge on any atom is -0.497 e. The summed E-state index contributed by atoms with van der Waals surface area (Å²) in [5, 5.41) is 0. The molecule has 2 amide bonds. The number of ether oxygens (including phenoxy) is 2. The number of aryl methyl sites for hydroxylation is 1. The lowest BCUT2D eigenvalue weighted by Gasteiger charge is -2.60. The first-order chi connectivity index (χ1) is 22.4. The van der Waals surface area contributed by atoms with Crippen LogP contribution in [-0.2, 0) is 15.0 Å². The van der Waals surface area contributed by atoms with E-state index in [4.69, 9.17) is 9.47 Å². The second kappa shape index (κ2) is 11.7. The first-order valence-corrected chi connectivity index (χ1v) is 15.9. The molecule has 0 unspecified atom stereocenters. The van der Waals surface area contributed by atoms with Gasteiger partial charge in [0.05, 0.1) is 25.3 Å². The Morgan fingerprint density at radius 1 is 0.891 bits per heavy atom. The van der Waals surface area contributed by atoms with Gasteiger partial charge in [0.1, 0.15) is 11.5 Å². The molecule has 46 heavy (non-hydrogen) atoms. The predicted octanol–water partition coefficient (Wildman–Crippen LogP) is 6.49. The smallest absolute Gasteiger partial charge is 0.247 e. The van der Waals surface area contributed by atoms with Crippen molar-refractivity contribution in [1.29, 1.82) is 0 Å². The van der Waals surface area contributed by atoms with Crippen LogP contribution in [0.5, 0.6) is 11.5 Å². The van der Waals surface area contributed by atoms with Gasteiger partial charge in [0.15, 0.2) is 0 Å². The van der Waals surface area contributed by atoms with Gasteiger partial charge in [0, 0.05) is 42.0 Å². The topological polar surface area (TPSA) is 79.9 Å². The number of likely N-dealkylation sites (tertiary alicyclic amines) is 1. The highest BCUT2D eigenvalue weighted by Gasteiger charge is 2.70. The molecule has 1 saturated carbocycles. The van der Waals surface area contributed by atoms with Crippen molar-refractivity contribution in [3.63, 3.8) is 0 Å². The van der Waals surface area contributed by atoms with Crippen LogP contribution in [0, 0.1) is 18.3 Å². The summed E-state index contributed by atoms with van der Waals surface area (Å²) in [7, 11) is 3.25. The molecule has 1 aliphatic heterocycles. The highest BCUT2D eigenvalue weighted by atomic mass is 16.5. The van der Waals surface area contributed by atoms with Crippen molar-refractivity contribution in [2.75, 3.05) is 32.7 Å². The third kappa shape index (κ3) is 4.64. The summed E-state index contributed by atoms with van der Waals surface area (Å²) in [6.07, 6.45) is 5.20. The van der Waals surface area contributed by atoms with Gasteiger partial charge in [-0.1, -0.05) is 72.3 Å². The van der Waals surface area contributed by atoms with Crippen molar-refractivity contribution in [3.8, 4) is 11.5 Å². The number of rotatable bonds is 8. The number of hydrazine groups is 1. The van der Waals surface area contributed by atoms with Crippen LogP contribution in [0.15, 0.2) is 103 Å². The van der Waals surface area contributed by atoms with E-state index in [2.05, 4.69) is 66.3 Å². The zero-order valence-electron chi connectivity index (χ0n) is 26.5. The number of amides is 2. The number of hydrogen-bond donors (Lipinski definition) is 2. The molecular formula is C39H39N3O4. The maximum absolute atomic E-state index is 14.8. The second-order valence-corrected chi connectivity index (χ2v) is 12.7. The Morgan fingerprint density at radius 2 is 1.63 bits per heavy atom. The molecule has 8 rings (SSSR count). The third-order valence-electron chi connectivity index (χ3n) is 10.6. The van der Waals surface area contributed by atoms with Gasteiger partial charge in [-0.15, -0.1) is 0 Å². The molecule has 7 heteroatoms. The minimum absolute atomic E-state index is 0.0327. The number of carbonyl (C=O) groups is 2. The second-order valence-electron chi connectivity index (χ2n) is 12.7. The molecule has 7 nitrogen and oxygen atoms in total. The summed E-state index contributed by atoms with van der Waals surface area (Å²) >= 11 is 0. The first kappa shape index (κ1) is 29.7. The van der Waals surface area contributed by atoms with Crippen molar-refractivity contribution >= 4 is 23.6 Å². The van der Waals surface area contributed by atoms with Crippen molar-refractivity contribution in [2.24, 2.45) is 11.3 Å². The number of nitrogens with one attached hydrogen (secondary N) is 2. The van der Waals surface area contributed by atoms with Crippen LogP contribution in [0.3, 0.4) is 0 Å². The summed E-state index contributed by atoms with van der Waals surface area (Å²) in [6.45, 7) is 2.90. The van der Waals surface area contributed by atoms with E-state index in [-0.39, 0.29) is 23.7 Å². The number of carbonyl (C=O) groups excluding carboxylic acids is 2. The SMILES string of the molecule is COc1ccc(NNC(=O)[C@]23CN(C(=O)/C=C/c4ccccc4OC)C[C@H]2[C@]2(c4ccc(C)cc4)CC[C@H]3c3ccccc32)cc1. The fraction of sp³-hybridized carbons (Fsp3) is 0.282. The van der Waals surface area contributed by atoms with Crippen molar-refractivity contribution < 1.29 is 19.1 Å². The summed E-state index contributed by atoms with van der Waals surface area (Å²) in [5.41, 5.74) is 11.5. The molecule has 4 atom stereocenters. The molecule has 0 aromatic heterocycles. The van der Waals surface area contributed by atoms with Gasteiger partial charge < -0.3 is 14.4 Å². The fourth-order valence-corrected chi connectivity index (χ4v) is 8.49. The zero-order valence-corrected chi connectivity index (χ0v) is 26.5. The lowest BCUT2D eigenvalue weighted by molar-refractivity contribution is -0.138. The maximum Gasteiger partial charge on any atom is 0.247 e. The Balaban J connectivity index is 1.30. The molecule has 4 aliphatic rings. The molecule has 4 aromatic carbocycles. The molecule has 234 valence electrons. The van der Waals surface area contributed by atoms with Crippen LogP contribution < -0.4 is 20.3 Å². The summed E-state index contributed by atoms with van der Waals surface area (Å²) in [4.78, 5) is 30.7. The number of para-hydroxylation sites is 1. The molecule has 2 fully saturated rings. The quantitative estimate of drug-likeness (QED) is 0.175. The van der Waals surface area contributed by atoms with E-state index in [9.17, 15) is 9.59 Å². The number of nitrogens with zero attached hydrogens (tertiary/aromatic N) is 1. The van der Waals surface area contributed by atoms with E-state index in [1.807, 2.05) is 53.4 Å². The molecule has 4 aromatic rings. The lowest BCUT2D eigenvalue weighted by atomic mass is 9.42. The first-order valence-electron chi connectivity index (χ1n) is 15.9. The molecule has 0 spiro atoms. The van der Waals surface area contributed by atoms with Gasteiger partial charge in [-0.05, 0) is 72.9 Å². The van der Waals surface area contributed by atoms with Crippen molar-refractivity contribution in [2.45, 2.75) is 31.1 Å². The number of anilines is 1. The predicted molar refractivity (Wildman–Crippen MR) is 180 cm³/mol. The van der Waals surface area contributed by atoms with Gasteiger partial charge in [0.25, 0.3) is 0 Å². The Kier molecular flexibility index (Phi) is 7.55. The standard InChI is InChI=1S/C39H39N3O4/c1-26-12-15-28(16-13-26)38-23-22-33(31-9-5-6-10-32(31)38)39(37(44)41-40-29-17-19-30(45-2)20-18-29)25-42(24-35(38)39)36(43)21-14-27-8-4-7-11-34(27)46-3/h4-21,33,35,40H,22-25H2,1-3H3,(H,41,44)/b21-14+/t33-,35-,38-,39-/m0/s1. The zero-order chi connectivity index (χ0) is 31.9. The van der Waals surface area contributed by atoms with Crippen molar-refractivity contribution in [3.05, 3.63) is 131 Å². The van der Waals surface area contributed by atoms with Gasteiger partial charge in [-0.3, -0.25) is 20.4 Å². The minimum atomic E-state index is -0.842. The molecule has 1 heterocycles. The van der Waals surface area contributed by atoms with E-state index in [1.165, 1.54) is 22.3 Å². The fourth-order valence-electron chi connectivity index (χ4n) is 8.49. The Bertz CT molecular complexity index is 1800. The average molecular weight is 614 g/mol. The monoisotopic (exact) mass is 613 g/mol. The molecule has 2 bridgehead atoms. The van der Waals surface area contributed by atoms with E-state index in [0.717, 1.165) is 29.8 Å². The summed E-state index contributed by atoms with van der Waals surface area (Å²) in [6, 6.07) is 32.5. The van der Waals surface area contributed by atoms with E-state index in [1.54, 1.807) is 26.4 Å². The molecule has 0 radical (unpaired) electrons. The maximum atomic E-state index is 14.8. The van der Waals surface area contributed by atoms with Crippen LogP contribution in [-0.4, -0.2) is 44.0 Å². The van der Waals surface area contributed by atoms with Crippen molar-refractivity contribution in [1.82, 2.24) is 10.3 Å². The Morgan fingerprint density at radius 3 is 2.39 bits per heavy atom. The normalized spacial score (nSPS) is 24.3. The summed E-state index contributed by atoms with van der Waals surface area (Å²) in [5.74, 6) is 1.08. The molecule has 1 saturated heterocycles. The third-order valence-corrected chi connectivity index (χ3v) is 10.6. The van der Waals surface area contributed by atoms with Gasteiger partial charge in [-0.25, -0.2) is 0 Å². The Labute approximate surface area is 270 Å². The van der Waals surface area contributed by atoms with E-state index in [0.29, 0.717) is 18.8 Å². The highest BCUT2D eigenvalue weighted by Crippen LogP contribution is 2.69. The van der Waals surface area contributed by atoms with Crippen LogP contribution in [0.2, 0.25) is 0 Å². The van der Waals surface area contributed by atoms with Crippen LogP contribution >= 0.6 is 0 Å². The largest absolute Gasteiger partial charge is 0.497 e. The van der Waals surface area contributed by atoms with Crippen LogP contribution in [0.4, 0.5) is 5.69 Å². The summed E-state index contributed by atoms with van der Waals surface area (Å²) < 4.78 is 10.8. The van der Waals surface area contributed by atoms with E-state index < -0.39 is 10.8 Å². The number of methoxy groups -OCH3 is 2. The molecule has 3 aliphatic carbocycles. The average Bonchev–Trinajstić information content (AvgIpc) is 3.54. The van der Waals surface area contributed by atoms with E-state index >= 15 is 0 Å². The van der Waals surface area contributed by atoms with Gasteiger partial charge >= 0.3 is 0 Å². The van der Waals surface area contributed by atoms with Crippen LogP contribution in [0.1, 0.15) is 46.6 Å². The number of fused-ring (bicyclic) bond motifs is 1. The van der Waals surface area contributed by atoms with Gasteiger partial charge in [-0.2, -0.15) is 0 Å². The molecule has 2 N–H and O–H groups in total.